The highest BCUT2D eigenvalue weighted by Crippen LogP contribution is 2.38. The van der Waals surface area contributed by atoms with Gasteiger partial charge in [-0.05, 0) is 25.1 Å². The van der Waals surface area contributed by atoms with E-state index in [4.69, 9.17) is 25.8 Å². The molecule has 0 spiro atoms. The lowest BCUT2D eigenvalue weighted by molar-refractivity contribution is 0.102. The molecule has 28 heavy (non-hydrogen) atoms. The number of hydrogen-bond donors (Lipinski definition) is 1. The number of aromatic nitrogens is 1. The number of carbonyl (C=O) groups excluding carboxylic acids is 1. The van der Waals surface area contributed by atoms with Crippen LogP contribution in [0.2, 0.25) is 5.02 Å². The highest BCUT2D eigenvalue weighted by Gasteiger charge is 2.18. The average molecular weight is 399 g/mol. The summed E-state index contributed by atoms with van der Waals surface area (Å²) in [5, 5.41) is 4.09. The van der Waals surface area contributed by atoms with Gasteiger partial charge >= 0.3 is 0 Å². The van der Waals surface area contributed by atoms with Crippen LogP contribution in [-0.2, 0) is 0 Å². The Bertz CT molecular complexity index is 1070. The number of rotatable bonds is 3. The quantitative estimate of drug-likeness (QED) is 0.697. The van der Waals surface area contributed by atoms with Gasteiger partial charge in [0.2, 0.25) is 0 Å². The van der Waals surface area contributed by atoms with Gasteiger partial charge in [-0.1, -0.05) is 11.6 Å². The van der Waals surface area contributed by atoms with Crippen LogP contribution in [0.1, 0.15) is 22.5 Å². The largest absolute Gasteiger partial charge is 0.497 e. The van der Waals surface area contributed by atoms with Crippen LogP contribution in [0.4, 0.5) is 5.69 Å². The molecule has 7 heteroatoms. The second kappa shape index (κ2) is 7.56. The second-order valence-corrected chi connectivity index (χ2v) is 6.87. The summed E-state index contributed by atoms with van der Waals surface area (Å²) in [4.78, 5) is 17.4. The van der Waals surface area contributed by atoms with Crippen LogP contribution in [0, 0.1) is 6.92 Å². The zero-order valence-corrected chi connectivity index (χ0v) is 16.3. The summed E-state index contributed by atoms with van der Waals surface area (Å²) in [6.07, 6.45) is 0.792. The minimum atomic E-state index is -0.292. The van der Waals surface area contributed by atoms with E-state index in [2.05, 4.69) is 10.3 Å². The van der Waals surface area contributed by atoms with Gasteiger partial charge in [0.05, 0.1) is 47.8 Å². The Balaban J connectivity index is 1.65. The summed E-state index contributed by atoms with van der Waals surface area (Å²) in [6.45, 7) is 2.92. The van der Waals surface area contributed by atoms with Crippen molar-refractivity contribution in [2.75, 3.05) is 25.6 Å². The maximum Gasteiger partial charge on any atom is 0.257 e. The SMILES string of the molecule is COc1ccc2cc(C(=O)Nc3cc4c(cc3Cl)OCCCO4)c(C)nc2c1. The van der Waals surface area contributed by atoms with Gasteiger partial charge in [-0.3, -0.25) is 9.78 Å². The molecule has 0 bridgehead atoms. The fourth-order valence-electron chi connectivity index (χ4n) is 3.07. The first-order chi connectivity index (χ1) is 13.5. The van der Waals surface area contributed by atoms with E-state index < -0.39 is 0 Å². The van der Waals surface area contributed by atoms with Gasteiger partial charge in [-0.2, -0.15) is 0 Å². The lowest BCUT2D eigenvalue weighted by Gasteiger charge is -2.13. The molecular formula is C21H19ClN2O4. The Morgan fingerprint density at radius 3 is 2.64 bits per heavy atom. The number of benzene rings is 2. The summed E-state index contributed by atoms with van der Waals surface area (Å²) in [7, 11) is 1.61. The number of carbonyl (C=O) groups is 1. The minimum absolute atomic E-state index is 0.292. The van der Waals surface area contributed by atoms with E-state index in [-0.39, 0.29) is 5.91 Å². The first kappa shape index (κ1) is 18.4. The number of anilines is 1. The third kappa shape index (κ3) is 3.55. The molecule has 144 valence electrons. The van der Waals surface area contributed by atoms with E-state index in [9.17, 15) is 4.79 Å². The third-order valence-corrected chi connectivity index (χ3v) is 4.86. The van der Waals surface area contributed by atoms with Gasteiger partial charge in [0.25, 0.3) is 5.91 Å². The molecule has 0 radical (unpaired) electrons. The molecule has 0 aliphatic carbocycles. The Hall–Kier alpha value is -2.99. The van der Waals surface area contributed by atoms with Gasteiger partial charge in [-0.15, -0.1) is 0 Å². The average Bonchev–Trinajstić information content (AvgIpc) is 2.92. The number of fused-ring (bicyclic) bond motifs is 2. The molecule has 1 amide bonds. The number of nitrogens with zero attached hydrogens (tertiary/aromatic N) is 1. The van der Waals surface area contributed by atoms with Gasteiger partial charge in [0.1, 0.15) is 5.75 Å². The van der Waals surface area contributed by atoms with Crippen molar-refractivity contribution in [1.29, 1.82) is 0 Å². The summed E-state index contributed by atoms with van der Waals surface area (Å²) in [6, 6.07) is 10.7. The molecule has 6 nitrogen and oxygen atoms in total. The highest BCUT2D eigenvalue weighted by molar-refractivity contribution is 6.34. The van der Waals surface area contributed by atoms with Crippen molar-refractivity contribution in [2.24, 2.45) is 0 Å². The molecule has 2 aromatic carbocycles. The van der Waals surface area contributed by atoms with Gasteiger partial charge in [-0.25, -0.2) is 0 Å². The van der Waals surface area contributed by atoms with Crippen molar-refractivity contribution in [1.82, 2.24) is 4.98 Å². The van der Waals surface area contributed by atoms with Gasteiger partial charge in [0, 0.05) is 30.0 Å². The fraction of sp³-hybridized carbons (Fsp3) is 0.238. The van der Waals surface area contributed by atoms with Gasteiger partial charge in [0.15, 0.2) is 11.5 Å². The fourth-order valence-corrected chi connectivity index (χ4v) is 3.27. The van der Waals surface area contributed by atoms with Crippen LogP contribution in [0.5, 0.6) is 17.2 Å². The molecule has 0 atom stereocenters. The first-order valence-electron chi connectivity index (χ1n) is 8.91. The van der Waals surface area contributed by atoms with Crippen LogP contribution in [0.3, 0.4) is 0 Å². The Labute approximate surface area is 167 Å². The van der Waals surface area contributed by atoms with Crippen LogP contribution < -0.4 is 19.5 Å². The second-order valence-electron chi connectivity index (χ2n) is 6.46. The number of ether oxygens (including phenoxy) is 3. The minimum Gasteiger partial charge on any atom is -0.497 e. The molecule has 1 aliphatic heterocycles. The molecule has 0 unspecified atom stereocenters. The maximum atomic E-state index is 12.9. The van der Waals surface area contributed by atoms with E-state index >= 15 is 0 Å². The normalized spacial score (nSPS) is 13.1. The van der Waals surface area contributed by atoms with Crippen molar-refractivity contribution in [3.05, 3.63) is 52.7 Å². The summed E-state index contributed by atoms with van der Waals surface area (Å²) >= 11 is 6.33. The molecule has 1 N–H and O–H groups in total. The van der Waals surface area contributed by atoms with E-state index in [1.54, 1.807) is 26.2 Å². The third-order valence-electron chi connectivity index (χ3n) is 4.55. The van der Waals surface area contributed by atoms with E-state index in [0.717, 1.165) is 23.1 Å². The number of amides is 1. The number of pyridine rings is 1. The molecule has 0 saturated heterocycles. The van der Waals surface area contributed by atoms with Crippen molar-refractivity contribution in [2.45, 2.75) is 13.3 Å². The Kier molecular flexibility index (Phi) is 4.96. The number of halogens is 1. The van der Waals surface area contributed by atoms with Crippen molar-refractivity contribution in [3.63, 3.8) is 0 Å². The maximum absolute atomic E-state index is 12.9. The number of methoxy groups -OCH3 is 1. The van der Waals surface area contributed by atoms with Crippen LogP contribution in [0.15, 0.2) is 36.4 Å². The standard InChI is InChI=1S/C21H19ClN2O4/c1-12-15(8-13-4-5-14(26-2)9-17(13)23-12)21(25)24-18-11-20-19(10-16(18)22)27-6-3-7-28-20/h4-5,8-11H,3,6-7H2,1-2H3,(H,24,25). The molecular weight excluding hydrogens is 380 g/mol. The zero-order chi connectivity index (χ0) is 19.7. The summed E-state index contributed by atoms with van der Waals surface area (Å²) < 4.78 is 16.5. The van der Waals surface area contributed by atoms with Crippen LogP contribution in [0.25, 0.3) is 10.9 Å². The Morgan fingerprint density at radius 1 is 1.14 bits per heavy atom. The molecule has 2 heterocycles. The lowest BCUT2D eigenvalue weighted by Crippen LogP contribution is -2.14. The van der Waals surface area contributed by atoms with Gasteiger partial charge < -0.3 is 19.5 Å². The monoisotopic (exact) mass is 398 g/mol. The molecule has 4 rings (SSSR count). The Morgan fingerprint density at radius 2 is 1.89 bits per heavy atom. The highest BCUT2D eigenvalue weighted by atomic mass is 35.5. The first-order valence-corrected chi connectivity index (χ1v) is 9.29. The summed E-state index contributed by atoms with van der Waals surface area (Å²) in [5.41, 5.74) is 2.32. The van der Waals surface area contributed by atoms with Crippen LogP contribution >= 0.6 is 11.6 Å². The van der Waals surface area contributed by atoms with E-state index in [0.29, 0.717) is 46.7 Å². The predicted molar refractivity (Wildman–Crippen MR) is 108 cm³/mol. The number of hydrogen-bond acceptors (Lipinski definition) is 5. The molecule has 0 fully saturated rings. The van der Waals surface area contributed by atoms with E-state index in [1.807, 2.05) is 24.3 Å². The van der Waals surface area contributed by atoms with E-state index in [1.165, 1.54) is 0 Å². The topological polar surface area (TPSA) is 69.7 Å². The van der Waals surface area contributed by atoms with Crippen molar-refractivity contribution >= 4 is 34.1 Å². The molecule has 1 aromatic heterocycles. The molecule has 3 aromatic rings. The predicted octanol–water partition coefficient (Wildman–Crippen LogP) is 4.62. The summed E-state index contributed by atoms with van der Waals surface area (Å²) in [5.74, 6) is 1.57. The van der Waals surface area contributed by atoms with Crippen LogP contribution in [-0.4, -0.2) is 31.2 Å². The van der Waals surface area contributed by atoms with Crippen molar-refractivity contribution < 1.29 is 19.0 Å². The molecule has 0 saturated carbocycles. The smallest absolute Gasteiger partial charge is 0.257 e. The number of nitrogens with one attached hydrogen (secondary N) is 1. The number of aryl methyl sites for hydroxylation is 1. The van der Waals surface area contributed by atoms with Crippen molar-refractivity contribution in [3.8, 4) is 17.2 Å². The molecule has 1 aliphatic rings. The zero-order valence-electron chi connectivity index (χ0n) is 15.5. The lowest BCUT2D eigenvalue weighted by atomic mass is 10.1.